The zero-order valence-electron chi connectivity index (χ0n) is 18.1. The molecule has 2 radical (unpaired) electrons. The number of benzene rings is 3. The van der Waals surface area contributed by atoms with Crippen LogP contribution in [0.4, 0.5) is 11.4 Å². The van der Waals surface area contributed by atoms with Crippen molar-refractivity contribution >= 4 is 41.2 Å². The highest BCUT2D eigenvalue weighted by molar-refractivity contribution is 6.18. The molecule has 0 N–H and O–H groups in total. The minimum atomic E-state index is -0.325. The summed E-state index contributed by atoms with van der Waals surface area (Å²) in [5, 5.41) is 1.97. The van der Waals surface area contributed by atoms with E-state index in [1.54, 1.807) is 0 Å². The second kappa shape index (κ2) is 6.94. The van der Waals surface area contributed by atoms with E-state index in [2.05, 4.69) is 86.5 Å². The van der Waals surface area contributed by atoms with E-state index in [1.807, 2.05) is 6.07 Å². The van der Waals surface area contributed by atoms with Crippen molar-refractivity contribution in [3.8, 4) is 0 Å². The second-order valence-electron chi connectivity index (χ2n) is 9.65. The molecule has 30 heavy (non-hydrogen) atoms. The average molecular weight is 393 g/mol. The van der Waals surface area contributed by atoms with E-state index in [4.69, 9.17) is 12.3 Å². The summed E-state index contributed by atoms with van der Waals surface area (Å²) in [6.45, 7) is 4.69. The van der Waals surface area contributed by atoms with E-state index < -0.39 is 0 Å². The van der Waals surface area contributed by atoms with Gasteiger partial charge in [0.2, 0.25) is 0 Å². The first-order chi connectivity index (χ1) is 14.4. The summed E-state index contributed by atoms with van der Waals surface area (Å²) in [7, 11) is 9.10. The zero-order valence-corrected chi connectivity index (χ0v) is 18.1. The van der Waals surface area contributed by atoms with E-state index in [1.165, 1.54) is 0 Å². The van der Waals surface area contributed by atoms with Gasteiger partial charge in [-0.3, -0.25) is 0 Å². The van der Waals surface area contributed by atoms with Crippen molar-refractivity contribution < 1.29 is 4.42 Å². The van der Waals surface area contributed by atoms with Gasteiger partial charge in [0.25, 0.3) is 0 Å². The van der Waals surface area contributed by atoms with Crippen LogP contribution in [0, 0.1) is 5.41 Å². The Labute approximate surface area is 180 Å². The van der Waals surface area contributed by atoms with Gasteiger partial charge < -0.3 is 9.32 Å². The highest BCUT2D eigenvalue weighted by Crippen LogP contribution is 2.48. The van der Waals surface area contributed by atoms with Crippen molar-refractivity contribution in [1.82, 2.24) is 0 Å². The Morgan fingerprint density at radius 3 is 2.10 bits per heavy atom. The Balaban J connectivity index is 1.66. The SMILES string of the molecule is [B]C1(c2cccc3c2oc2c(N(C)c4ccccc4)cccc23)CCC(C)(C)CC1. The van der Waals surface area contributed by atoms with Crippen LogP contribution < -0.4 is 4.90 Å². The van der Waals surface area contributed by atoms with Gasteiger partial charge in [0.1, 0.15) is 5.58 Å². The summed E-state index contributed by atoms with van der Waals surface area (Å²) in [6.07, 6.45) is 4.27. The molecule has 4 aromatic rings. The number of hydrogen-bond acceptors (Lipinski definition) is 2. The predicted molar refractivity (Wildman–Crippen MR) is 128 cm³/mol. The highest BCUT2D eigenvalue weighted by Gasteiger charge is 2.37. The molecule has 0 unspecified atom stereocenters. The maximum absolute atomic E-state index is 7.01. The first-order valence-electron chi connectivity index (χ1n) is 10.9. The van der Waals surface area contributed by atoms with Crippen molar-refractivity contribution in [2.75, 3.05) is 11.9 Å². The van der Waals surface area contributed by atoms with E-state index in [-0.39, 0.29) is 5.31 Å². The molecule has 0 aliphatic heterocycles. The fourth-order valence-electron chi connectivity index (χ4n) is 4.89. The minimum Gasteiger partial charge on any atom is -0.454 e. The summed E-state index contributed by atoms with van der Waals surface area (Å²) in [4.78, 5) is 2.19. The number of furan rings is 1. The molecule has 1 saturated carbocycles. The molecular formula is C27H28BNO. The Morgan fingerprint density at radius 2 is 1.40 bits per heavy atom. The zero-order chi connectivity index (χ0) is 20.9. The largest absolute Gasteiger partial charge is 0.454 e. The summed E-state index contributed by atoms with van der Waals surface area (Å²) >= 11 is 0. The topological polar surface area (TPSA) is 16.4 Å². The quantitative estimate of drug-likeness (QED) is 0.339. The fourth-order valence-corrected chi connectivity index (χ4v) is 4.89. The maximum atomic E-state index is 7.01. The molecule has 1 heterocycles. The first kappa shape index (κ1) is 19.3. The van der Waals surface area contributed by atoms with Crippen LogP contribution in [0.1, 0.15) is 45.1 Å². The number of anilines is 2. The van der Waals surface area contributed by atoms with Crippen molar-refractivity contribution in [2.45, 2.75) is 44.8 Å². The molecule has 3 aromatic carbocycles. The third-order valence-electron chi connectivity index (χ3n) is 7.04. The van der Waals surface area contributed by atoms with Crippen molar-refractivity contribution in [3.63, 3.8) is 0 Å². The van der Waals surface area contributed by atoms with Gasteiger partial charge >= 0.3 is 0 Å². The normalized spacial score (nSPS) is 18.0. The van der Waals surface area contributed by atoms with Crippen LogP contribution in [-0.2, 0) is 5.31 Å². The number of nitrogens with zero attached hydrogens (tertiary/aromatic N) is 1. The molecule has 0 atom stereocenters. The van der Waals surface area contributed by atoms with Gasteiger partial charge in [-0.1, -0.05) is 75.2 Å². The number of hydrogen-bond donors (Lipinski definition) is 0. The molecular weight excluding hydrogens is 365 g/mol. The molecule has 1 aliphatic carbocycles. The van der Waals surface area contributed by atoms with Gasteiger partial charge in [0.05, 0.1) is 13.5 Å². The number of fused-ring (bicyclic) bond motifs is 3. The van der Waals surface area contributed by atoms with Crippen LogP contribution in [0.15, 0.2) is 71.1 Å². The smallest absolute Gasteiger partial charge is 0.159 e. The molecule has 3 heteroatoms. The molecule has 0 saturated heterocycles. The lowest BCUT2D eigenvalue weighted by Gasteiger charge is -2.42. The van der Waals surface area contributed by atoms with E-state index >= 15 is 0 Å². The van der Waals surface area contributed by atoms with Crippen LogP contribution in [-0.4, -0.2) is 14.9 Å². The monoisotopic (exact) mass is 393 g/mol. The van der Waals surface area contributed by atoms with Crippen LogP contribution in [0.3, 0.4) is 0 Å². The van der Waals surface area contributed by atoms with Crippen molar-refractivity contribution in [3.05, 3.63) is 72.3 Å². The Morgan fingerprint density at radius 1 is 0.767 bits per heavy atom. The van der Waals surface area contributed by atoms with Crippen molar-refractivity contribution in [2.24, 2.45) is 5.41 Å². The van der Waals surface area contributed by atoms with Gasteiger partial charge in [-0.05, 0) is 47.3 Å². The average Bonchev–Trinajstić information content (AvgIpc) is 3.15. The predicted octanol–water partition coefficient (Wildman–Crippen LogP) is 7.32. The molecule has 1 aliphatic rings. The lowest BCUT2D eigenvalue weighted by Crippen LogP contribution is -2.35. The Bertz CT molecular complexity index is 1200. The fraction of sp³-hybridized carbons (Fsp3) is 0.333. The summed E-state index contributed by atoms with van der Waals surface area (Å²) in [5.41, 5.74) is 5.60. The highest BCUT2D eigenvalue weighted by atomic mass is 16.3. The summed E-state index contributed by atoms with van der Waals surface area (Å²) < 4.78 is 6.61. The summed E-state index contributed by atoms with van der Waals surface area (Å²) in [6, 6.07) is 23.2. The molecule has 150 valence electrons. The van der Waals surface area contributed by atoms with E-state index in [0.717, 1.165) is 64.6 Å². The van der Waals surface area contributed by atoms with Gasteiger partial charge in [-0.15, -0.1) is 0 Å². The van der Waals surface area contributed by atoms with Crippen LogP contribution in [0.2, 0.25) is 0 Å². The third-order valence-corrected chi connectivity index (χ3v) is 7.04. The molecule has 0 amide bonds. The molecule has 0 bridgehead atoms. The second-order valence-corrected chi connectivity index (χ2v) is 9.65. The number of para-hydroxylation sites is 3. The van der Waals surface area contributed by atoms with Crippen LogP contribution in [0.5, 0.6) is 0 Å². The van der Waals surface area contributed by atoms with Gasteiger partial charge in [-0.2, -0.15) is 0 Å². The molecule has 0 spiro atoms. The molecule has 5 rings (SSSR count). The Hall–Kier alpha value is -2.68. The van der Waals surface area contributed by atoms with E-state index in [0.29, 0.717) is 5.41 Å². The third kappa shape index (κ3) is 3.12. The molecule has 2 nitrogen and oxygen atoms in total. The van der Waals surface area contributed by atoms with Gasteiger partial charge in [0, 0.05) is 23.5 Å². The lowest BCUT2D eigenvalue weighted by atomic mass is 9.53. The molecule has 1 fully saturated rings. The van der Waals surface area contributed by atoms with Gasteiger partial charge in [0.15, 0.2) is 5.58 Å². The standard InChI is InChI=1S/C27H28BNO/c1-26(2)15-17-27(28,18-16-26)22-13-7-11-20-21-12-8-14-23(25(21)30-24(20)22)29(3)19-9-5-4-6-10-19/h4-14H,15-18H2,1-3H3. The Kier molecular flexibility index (Phi) is 4.46. The number of rotatable bonds is 3. The summed E-state index contributed by atoms with van der Waals surface area (Å²) in [5.74, 6) is 0. The van der Waals surface area contributed by atoms with Crippen LogP contribution >= 0.6 is 0 Å². The van der Waals surface area contributed by atoms with E-state index in [9.17, 15) is 0 Å². The first-order valence-corrected chi connectivity index (χ1v) is 10.9. The minimum absolute atomic E-state index is 0.325. The van der Waals surface area contributed by atoms with Crippen molar-refractivity contribution in [1.29, 1.82) is 0 Å². The maximum Gasteiger partial charge on any atom is 0.159 e. The van der Waals surface area contributed by atoms with Crippen LogP contribution in [0.25, 0.3) is 21.9 Å². The molecule has 1 aromatic heterocycles. The lowest BCUT2D eigenvalue weighted by molar-refractivity contribution is 0.206. The van der Waals surface area contributed by atoms with Gasteiger partial charge in [-0.25, -0.2) is 0 Å².